The van der Waals surface area contributed by atoms with Crippen molar-refractivity contribution in [3.05, 3.63) is 85.2 Å². The third kappa shape index (κ3) is 4.70. The SMILES string of the molecule is C=C/C=C(/CN(CC(O)Cn1c2ccccc2c2ccccc21)S(C)(=O)=O)C(=C)F. The Kier molecular flexibility index (Phi) is 6.55. The average Bonchev–Trinajstić information content (AvgIpc) is 3.00. The second-order valence-electron chi connectivity index (χ2n) is 7.19. The molecular formula is C23H25FN2O3S. The third-order valence-electron chi connectivity index (χ3n) is 4.97. The molecule has 30 heavy (non-hydrogen) atoms. The number of allylic oxidation sites excluding steroid dienone is 2. The molecule has 0 aliphatic heterocycles. The first kappa shape index (κ1) is 22.0. The van der Waals surface area contributed by atoms with Crippen molar-refractivity contribution in [3.63, 3.8) is 0 Å². The highest BCUT2D eigenvalue weighted by Crippen LogP contribution is 2.29. The number of aliphatic hydroxyl groups is 1. The van der Waals surface area contributed by atoms with Crippen LogP contribution in [-0.2, 0) is 16.6 Å². The molecule has 0 saturated carbocycles. The zero-order valence-corrected chi connectivity index (χ0v) is 17.6. The Hall–Kier alpha value is -2.74. The number of hydrogen-bond acceptors (Lipinski definition) is 3. The lowest BCUT2D eigenvalue weighted by molar-refractivity contribution is 0.133. The summed E-state index contributed by atoms with van der Waals surface area (Å²) >= 11 is 0. The molecule has 7 heteroatoms. The molecule has 0 bridgehead atoms. The predicted octanol–water partition coefficient (Wildman–Crippen LogP) is 4.01. The molecule has 158 valence electrons. The predicted molar refractivity (Wildman–Crippen MR) is 120 cm³/mol. The van der Waals surface area contributed by atoms with Crippen molar-refractivity contribution in [2.24, 2.45) is 0 Å². The highest BCUT2D eigenvalue weighted by molar-refractivity contribution is 7.88. The maximum absolute atomic E-state index is 13.7. The molecule has 0 aliphatic carbocycles. The number of aliphatic hydroxyl groups excluding tert-OH is 1. The van der Waals surface area contributed by atoms with Crippen LogP contribution in [0.2, 0.25) is 0 Å². The summed E-state index contributed by atoms with van der Waals surface area (Å²) in [5.74, 6) is -0.736. The Bertz CT molecular complexity index is 1170. The van der Waals surface area contributed by atoms with Crippen molar-refractivity contribution in [2.75, 3.05) is 19.3 Å². The van der Waals surface area contributed by atoms with Crippen molar-refractivity contribution in [1.29, 1.82) is 0 Å². The second kappa shape index (κ2) is 8.95. The summed E-state index contributed by atoms with van der Waals surface area (Å²) in [5.41, 5.74) is 2.00. The van der Waals surface area contributed by atoms with Gasteiger partial charge in [-0.15, -0.1) is 0 Å². The smallest absolute Gasteiger partial charge is 0.211 e. The molecule has 0 spiro atoms. The molecule has 1 aromatic heterocycles. The van der Waals surface area contributed by atoms with E-state index in [1.54, 1.807) is 0 Å². The highest BCUT2D eigenvalue weighted by atomic mass is 32.2. The lowest BCUT2D eigenvalue weighted by Crippen LogP contribution is -2.39. The fraction of sp³-hybridized carbons (Fsp3) is 0.217. The van der Waals surface area contributed by atoms with Crippen LogP contribution >= 0.6 is 0 Å². The largest absolute Gasteiger partial charge is 0.390 e. The van der Waals surface area contributed by atoms with Crippen LogP contribution in [0.25, 0.3) is 21.8 Å². The zero-order chi connectivity index (χ0) is 21.9. The summed E-state index contributed by atoms with van der Waals surface area (Å²) in [6.45, 7) is 6.54. The number of sulfonamides is 1. The Balaban J connectivity index is 1.91. The molecule has 1 N–H and O–H groups in total. The lowest BCUT2D eigenvalue weighted by atomic mass is 10.2. The van der Waals surface area contributed by atoms with E-state index in [9.17, 15) is 17.9 Å². The first-order valence-electron chi connectivity index (χ1n) is 9.48. The highest BCUT2D eigenvalue weighted by Gasteiger charge is 2.23. The molecule has 3 rings (SSSR count). The van der Waals surface area contributed by atoms with E-state index in [2.05, 4.69) is 13.2 Å². The van der Waals surface area contributed by atoms with Gasteiger partial charge in [0.2, 0.25) is 10.0 Å². The number of fused-ring (bicyclic) bond motifs is 3. The number of hydrogen-bond donors (Lipinski definition) is 1. The minimum absolute atomic E-state index is 0.0967. The second-order valence-corrected chi connectivity index (χ2v) is 9.17. The fourth-order valence-electron chi connectivity index (χ4n) is 3.58. The Morgan fingerprint density at radius 2 is 1.70 bits per heavy atom. The maximum Gasteiger partial charge on any atom is 0.211 e. The molecule has 1 heterocycles. The fourth-order valence-corrected chi connectivity index (χ4v) is 4.40. The number of benzene rings is 2. The van der Waals surface area contributed by atoms with E-state index in [0.29, 0.717) is 0 Å². The van der Waals surface area contributed by atoms with Gasteiger partial charge in [-0.05, 0) is 12.1 Å². The monoisotopic (exact) mass is 428 g/mol. The summed E-state index contributed by atoms with van der Waals surface area (Å²) in [5, 5.41) is 12.9. The topological polar surface area (TPSA) is 62.5 Å². The third-order valence-corrected chi connectivity index (χ3v) is 6.19. The normalized spacial score (nSPS) is 13.8. The van der Waals surface area contributed by atoms with Crippen molar-refractivity contribution in [2.45, 2.75) is 12.6 Å². The number of aromatic nitrogens is 1. The van der Waals surface area contributed by atoms with Gasteiger partial charge in [-0.1, -0.05) is 61.7 Å². The van der Waals surface area contributed by atoms with Gasteiger partial charge < -0.3 is 9.67 Å². The molecule has 0 aliphatic rings. The lowest BCUT2D eigenvalue weighted by Gasteiger charge is -2.24. The van der Waals surface area contributed by atoms with Crippen molar-refractivity contribution >= 4 is 31.8 Å². The van der Waals surface area contributed by atoms with E-state index in [0.717, 1.165) is 32.4 Å². The van der Waals surface area contributed by atoms with Crippen molar-refractivity contribution in [1.82, 2.24) is 8.87 Å². The number of nitrogens with zero attached hydrogens (tertiary/aromatic N) is 2. The molecule has 1 unspecified atom stereocenters. The quantitative estimate of drug-likeness (QED) is 0.524. The molecule has 0 amide bonds. The molecule has 3 aromatic rings. The van der Waals surface area contributed by atoms with Crippen LogP contribution in [0, 0.1) is 0 Å². The number of halogens is 1. The molecule has 0 saturated heterocycles. The van der Waals surface area contributed by atoms with Gasteiger partial charge in [-0.25, -0.2) is 12.8 Å². The summed E-state index contributed by atoms with van der Waals surface area (Å²) in [6, 6.07) is 15.7. The van der Waals surface area contributed by atoms with Gasteiger partial charge in [0.05, 0.1) is 18.9 Å². The Morgan fingerprint density at radius 1 is 1.17 bits per heavy atom. The van der Waals surface area contributed by atoms with Gasteiger partial charge in [0.1, 0.15) is 5.83 Å². The number of para-hydroxylation sites is 2. The summed E-state index contributed by atoms with van der Waals surface area (Å²) < 4.78 is 41.2. The Labute approximate surface area is 176 Å². The van der Waals surface area contributed by atoms with Crippen molar-refractivity contribution < 1.29 is 17.9 Å². The average molecular weight is 429 g/mol. The van der Waals surface area contributed by atoms with Gasteiger partial charge in [-0.3, -0.25) is 0 Å². The summed E-state index contributed by atoms with van der Waals surface area (Å²) in [7, 11) is -3.69. The van der Waals surface area contributed by atoms with Gasteiger partial charge in [0.25, 0.3) is 0 Å². The summed E-state index contributed by atoms with van der Waals surface area (Å²) in [6.07, 6.45) is 2.78. The first-order valence-corrected chi connectivity index (χ1v) is 11.3. The Morgan fingerprint density at radius 3 is 2.17 bits per heavy atom. The maximum atomic E-state index is 13.7. The number of rotatable bonds is 9. The van der Waals surface area contributed by atoms with Crippen LogP contribution in [0.15, 0.2) is 85.2 Å². The van der Waals surface area contributed by atoms with Crippen molar-refractivity contribution in [3.8, 4) is 0 Å². The van der Waals surface area contributed by atoms with Crippen LogP contribution in [0.4, 0.5) is 4.39 Å². The van der Waals surface area contributed by atoms with E-state index in [1.165, 1.54) is 12.2 Å². The first-order chi connectivity index (χ1) is 14.2. The molecular weight excluding hydrogens is 403 g/mol. The van der Waals surface area contributed by atoms with Crippen LogP contribution in [-0.4, -0.2) is 47.8 Å². The van der Waals surface area contributed by atoms with Gasteiger partial charge in [0.15, 0.2) is 0 Å². The molecule has 2 aromatic carbocycles. The van der Waals surface area contributed by atoms with E-state index in [-0.39, 0.29) is 25.2 Å². The van der Waals surface area contributed by atoms with E-state index < -0.39 is 22.0 Å². The van der Waals surface area contributed by atoms with Crippen LogP contribution in [0.1, 0.15) is 0 Å². The van der Waals surface area contributed by atoms with Gasteiger partial charge >= 0.3 is 0 Å². The minimum Gasteiger partial charge on any atom is -0.390 e. The minimum atomic E-state index is -3.69. The summed E-state index contributed by atoms with van der Waals surface area (Å²) in [4.78, 5) is 0. The van der Waals surface area contributed by atoms with Gasteiger partial charge in [-0.2, -0.15) is 4.31 Å². The molecule has 0 fully saturated rings. The van der Waals surface area contributed by atoms with Crippen LogP contribution in [0.3, 0.4) is 0 Å². The zero-order valence-electron chi connectivity index (χ0n) is 16.8. The molecule has 1 atom stereocenters. The van der Waals surface area contributed by atoms with E-state index in [4.69, 9.17) is 0 Å². The van der Waals surface area contributed by atoms with Crippen LogP contribution in [0.5, 0.6) is 0 Å². The molecule has 5 nitrogen and oxygen atoms in total. The molecule has 0 radical (unpaired) electrons. The van der Waals surface area contributed by atoms with Crippen LogP contribution < -0.4 is 0 Å². The van der Waals surface area contributed by atoms with E-state index >= 15 is 0 Å². The van der Waals surface area contributed by atoms with E-state index in [1.807, 2.05) is 53.1 Å². The standard InChI is InChI=1S/C23H25FN2O3S/c1-4-9-18(17(2)24)14-25(30(3,28)29)15-19(27)16-26-22-12-7-5-10-20(22)21-11-6-8-13-23(21)26/h4-13,19,27H,1-2,14-16H2,3H3/b18-9-. The van der Waals surface area contributed by atoms with Gasteiger partial charge in [0, 0.05) is 40.5 Å².